The van der Waals surface area contributed by atoms with Gasteiger partial charge >= 0.3 is 11.9 Å². The van der Waals surface area contributed by atoms with Crippen LogP contribution in [0.2, 0.25) is 0 Å². The van der Waals surface area contributed by atoms with E-state index in [1.807, 2.05) is 0 Å². The predicted octanol–water partition coefficient (Wildman–Crippen LogP) is -0.599. The number of nitrogen functional groups attached to an aromatic ring is 1. The van der Waals surface area contributed by atoms with E-state index >= 15 is 0 Å². The number of carboxylic acid groups (broad SMARTS) is 1. The van der Waals surface area contributed by atoms with E-state index in [4.69, 9.17) is 15.3 Å². The number of nitrogens with zero attached hydrogens (tertiary/aromatic N) is 5. The minimum absolute atomic E-state index is 0.0486. The SMILES string of the molecule is CC(C)(C)OC(=O)CON=C(C(=O)NC1C(=O)N2C(C(=O)O)=C(C[n+]3cccc(CO)c3)CS[C@@H]12)c1nsc(N)n1. The first-order valence-corrected chi connectivity index (χ1v) is 14.0. The number of rotatable bonds is 10. The topological polar surface area (TPSA) is 211 Å². The number of thioether (sulfide) groups is 1. The minimum atomic E-state index is -1.28. The molecule has 1 unspecified atom stereocenters. The van der Waals surface area contributed by atoms with Gasteiger partial charge in [-0.2, -0.15) is 9.36 Å². The lowest BCUT2D eigenvalue weighted by Gasteiger charge is -2.49. The summed E-state index contributed by atoms with van der Waals surface area (Å²) in [6.07, 6.45) is 3.42. The Labute approximate surface area is 242 Å². The quantitative estimate of drug-likeness (QED) is 0.0878. The molecule has 2 aliphatic rings. The number of ether oxygens (including phenoxy) is 1. The zero-order valence-corrected chi connectivity index (χ0v) is 23.9. The second-order valence-corrected chi connectivity index (χ2v) is 11.8. The number of anilines is 1. The van der Waals surface area contributed by atoms with Gasteiger partial charge in [0.25, 0.3) is 11.8 Å². The van der Waals surface area contributed by atoms with Gasteiger partial charge < -0.3 is 30.8 Å². The lowest BCUT2D eigenvalue weighted by molar-refractivity contribution is -0.689. The van der Waals surface area contributed by atoms with Gasteiger partial charge in [-0.3, -0.25) is 14.5 Å². The number of aliphatic carboxylic acids is 1. The number of aliphatic hydroxyl groups excluding tert-OH is 1. The van der Waals surface area contributed by atoms with Gasteiger partial charge in [0, 0.05) is 34.5 Å². The Morgan fingerprint density at radius 1 is 1.34 bits per heavy atom. The molecule has 218 valence electrons. The van der Waals surface area contributed by atoms with Crippen LogP contribution in [0.5, 0.6) is 0 Å². The summed E-state index contributed by atoms with van der Waals surface area (Å²) in [5.41, 5.74) is 5.45. The maximum Gasteiger partial charge on any atom is 0.352 e. The van der Waals surface area contributed by atoms with Gasteiger partial charge in [-0.1, -0.05) is 5.16 Å². The van der Waals surface area contributed by atoms with Gasteiger partial charge in [-0.05, 0) is 26.8 Å². The molecule has 2 aromatic heterocycles. The molecule has 1 saturated heterocycles. The molecular formula is C24H28N7O8S2+. The number of aromatic nitrogens is 3. The molecule has 2 aliphatic heterocycles. The molecule has 0 spiro atoms. The van der Waals surface area contributed by atoms with Crippen LogP contribution in [-0.4, -0.2) is 83.3 Å². The molecule has 2 amide bonds. The summed E-state index contributed by atoms with van der Waals surface area (Å²) >= 11 is 2.09. The standard InChI is InChI=1S/C24H27N7O8S2/c1-24(2,3)39-14(33)10-38-28-15(18-27-23(25)41-29-18)19(34)26-16-20(35)31-17(22(36)37)13(11-40-21(16)31)8-30-6-4-5-12(7-30)9-32/h4-7,16,21,32H,8-11H2,1-3H3,(H3-,25,26,27,29,34,36,37)/p+1/t16?,21-/m0/s1. The first kappa shape index (κ1) is 29.9. The number of amides is 2. The molecule has 0 bridgehead atoms. The number of nitrogens with one attached hydrogen (secondary N) is 1. The number of hydrogen-bond acceptors (Lipinski definition) is 13. The van der Waals surface area contributed by atoms with Crippen LogP contribution in [0.15, 0.2) is 41.0 Å². The zero-order valence-electron chi connectivity index (χ0n) is 22.3. The fraction of sp³-hybridized carbons (Fsp3) is 0.417. The first-order valence-electron chi connectivity index (χ1n) is 12.2. The molecule has 4 heterocycles. The molecule has 15 nitrogen and oxygen atoms in total. The number of hydrogen-bond donors (Lipinski definition) is 4. The van der Waals surface area contributed by atoms with E-state index in [-0.39, 0.29) is 35.6 Å². The summed E-state index contributed by atoms with van der Waals surface area (Å²) < 4.78 is 10.8. The van der Waals surface area contributed by atoms with E-state index in [1.165, 1.54) is 11.8 Å². The largest absolute Gasteiger partial charge is 0.477 e. The summed E-state index contributed by atoms with van der Waals surface area (Å²) in [6, 6.07) is 2.39. The summed E-state index contributed by atoms with van der Waals surface area (Å²) in [6.45, 7) is 4.46. The first-order chi connectivity index (χ1) is 19.4. The maximum absolute atomic E-state index is 13.2. The number of fused-ring (bicyclic) bond motifs is 1. The molecule has 0 aromatic carbocycles. The van der Waals surface area contributed by atoms with Gasteiger partial charge in [0.05, 0.1) is 6.61 Å². The highest BCUT2D eigenvalue weighted by Crippen LogP contribution is 2.40. The van der Waals surface area contributed by atoms with Gasteiger partial charge in [0.15, 0.2) is 24.1 Å². The molecule has 41 heavy (non-hydrogen) atoms. The third-order valence-electron chi connectivity index (χ3n) is 5.64. The summed E-state index contributed by atoms with van der Waals surface area (Å²) in [5.74, 6) is -3.40. The van der Waals surface area contributed by atoms with Crippen molar-refractivity contribution in [3.05, 3.63) is 47.2 Å². The lowest BCUT2D eigenvalue weighted by atomic mass is 10.0. The predicted molar refractivity (Wildman–Crippen MR) is 145 cm³/mol. The molecule has 4 rings (SSSR count). The molecule has 0 radical (unpaired) electrons. The third kappa shape index (κ3) is 6.98. The van der Waals surface area contributed by atoms with Crippen molar-refractivity contribution in [1.29, 1.82) is 0 Å². The number of oxime groups is 1. The van der Waals surface area contributed by atoms with Crippen molar-refractivity contribution in [2.24, 2.45) is 5.16 Å². The molecular weight excluding hydrogens is 578 g/mol. The monoisotopic (exact) mass is 606 g/mol. The number of carbonyl (C=O) groups excluding carboxylic acids is 3. The van der Waals surface area contributed by atoms with Crippen molar-refractivity contribution in [2.45, 2.75) is 50.9 Å². The van der Waals surface area contributed by atoms with Crippen LogP contribution in [-0.2, 0) is 41.9 Å². The number of β-lactam (4-membered cyclic amide) rings is 1. The highest BCUT2D eigenvalue weighted by atomic mass is 32.2. The smallest absolute Gasteiger partial charge is 0.352 e. The second-order valence-electron chi connectivity index (χ2n) is 9.92. The Bertz CT molecular complexity index is 1430. The molecule has 17 heteroatoms. The van der Waals surface area contributed by atoms with Crippen molar-refractivity contribution < 1.29 is 43.5 Å². The van der Waals surface area contributed by atoms with Crippen molar-refractivity contribution in [3.63, 3.8) is 0 Å². The van der Waals surface area contributed by atoms with Crippen LogP contribution in [0.25, 0.3) is 0 Å². The van der Waals surface area contributed by atoms with E-state index in [0.717, 1.165) is 16.4 Å². The number of carboxylic acids is 1. The average molecular weight is 607 g/mol. The van der Waals surface area contributed by atoms with E-state index in [1.54, 1.807) is 49.9 Å². The number of esters is 1. The average Bonchev–Trinajstić information content (AvgIpc) is 3.33. The molecule has 2 atom stereocenters. The molecule has 1 fully saturated rings. The van der Waals surface area contributed by atoms with E-state index in [0.29, 0.717) is 11.1 Å². The van der Waals surface area contributed by atoms with Crippen molar-refractivity contribution >= 4 is 57.9 Å². The Hall–Kier alpha value is -4.09. The van der Waals surface area contributed by atoms with Gasteiger partial charge in [-0.15, -0.1) is 11.8 Å². The number of nitrogens with two attached hydrogens (primary N) is 1. The summed E-state index contributed by atoms with van der Waals surface area (Å²) in [4.78, 5) is 60.6. The van der Waals surface area contributed by atoms with Crippen LogP contribution in [0.1, 0.15) is 32.2 Å². The molecule has 0 saturated carbocycles. The molecule has 5 N–H and O–H groups in total. The summed E-state index contributed by atoms with van der Waals surface area (Å²) in [5, 5.41) is 25.0. The Balaban J connectivity index is 1.49. The fourth-order valence-corrected chi connectivity index (χ4v) is 5.81. The van der Waals surface area contributed by atoms with Gasteiger partial charge in [0.2, 0.25) is 18.1 Å². The Kier molecular flexibility index (Phi) is 8.89. The van der Waals surface area contributed by atoms with Crippen LogP contribution in [0, 0.1) is 0 Å². The number of aliphatic hydroxyl groups is 1. The van der Waals surface area contributed by atoms with Crippen LogP contribution >= 0.6 is 23.3 Å². The normalized spacial score (nSPS) is 18.9. The van der Waals surface area contributed by atoms with E-state index in [9.17, 15) is 29.4 Å². The van der Waals surface area contributed by atoms with Crippen LogP contribution in [0.4, 0.5) is 5.13 Å². The fourth-order valence-electron chi connectivity index (χ4n) is 4.04. The Morgan fingerprint density at radius 2 is 2.10 bits per heavy atom. The minimum Gasteiger partial charge on any atom is -0.477 e. The second kappa shape index (κ2) is 12.2. The van der Waals surface area contributed by atoms with Crippen molar-refractivity contribution in [3.8, 4) is 0 Å². The van der Waals surface area contributed by atoms with Crippen LogP contribution < -0.4 is 15.6 Å². The third-order valence-corrected chi connectivity index (χ3v) is 7.52. The van der Waals surface area contributed by atoms with Crippen molar-refractivity contribution in [2.75, 3.05) is 18.1 Å². The highest BCUT2D eigenvalue weighted by Gasteiger charge is 2.55. The maximum atomic E-state index is 13.2. The number of pyridine rings is 1. The van der Waals surface area contributed by atoms with Gasteiger partial charge in [0.1, 0.15) is 22.7 Å². The van der Waals surface area contributed by atoms with E-state index in [2.05, 4.69) is 19.8 Å². The molecule has 2 aromatic rings. The highest BCUT2D eigenvalue weighted by molar-refractivity contribution is 8.00. The lowest BCUT2D eigenvalue weighted by Crippen LogP contribution is -2.71. The molecule has 0 aliphatic carbocycles. The Morgan fingerprint density at radius 3 is 2.73 bits per heavy atom. The zero-order chi connectivity index (χ0) is 29.9. The van der Waals surface area contributed by atoms with Gasteiger partial charge in [-0.25, -0.2) is 14.2 Å². The van der Waals surface area contributed by atoms with E-state index < -0.39 is 53.1 Å². The summed E-state index contributed by atoms with van der Waals surface area (Å²) in [7, 11) is 0. The van der Waals surface area contributed by atoms with Crippen molar-refractivity contribution in [1.82, 2.24) is 19.6 Å². The number of carbonyl (C=O) groups is 4. The van der Waals surface area contributed by atoms with Crippen LogP contribution in [0.3, 0.4) is 0 Å².